The number of para-hydroxylation sites is 2. The summed E-state index contributed by atoms with van der Waals surface area (Å²) in [7, 11) is 0. The minimum Gasteiger partial charge on any atom is -0.394 e. The lowest BCUT2D eigenvalue weighted by molar-refractivity contribution is 0.0801. The molecule has 1 heterocycles. The van der Waals surface area contributed by atoms with Gasteiger partial charge in [0, 0.05) is 0 Å². The molecule has 1 unspecified atom stereocenters. The van der Waals surface area contributed by atoms with E-state index in [1.54, 1.807) is 0 Å². The molecule has 0 aliphatic carbocycles. The van der Waals surface area contributed by atoms with Gasteiger partial charge in [-0.2, -0.15) is 0 Å². The van der Waals surface area contributed by atoms with E-state index in [-0.39, 0.29) is 6.61 Å². The molecule has 0 saturated heterocycles. The van der Waals surface area contributed by atoms with Crippen LogP contribution in [0.4, 0.5) is 0 Å². The zero-order valence-corrected chi connectivity index (χ0v) is 14.9. The molecule has 5 nitrogen and oxygen atoms in total. The number of aliphatic hydroxyl groups excluding tert-OH is 2. The predicted molar refractivity (Wildman–Crippen MR) is 99.5 cm³/mol. The molecular weight excluding hydrogens is 336 g/mol. The number of aromatic nitrogens is 2. The van der Waals surface area contributed by atoms with Gasteiger partial charge in [-0.1, -0.05) is 53.7 Å². The number of hydrogen-bond donors (Lipinski definition) is 2. The van der Waals surface area contributed by atoms with E-state index in [2.05, 4.69) is 24.0 Å². The first-order valence-corrected chi connectivity index (χ1v) is 9.16. The van der Waals surface area contributed by atoms with Crippen molar-refractivity contribution >= 4 is 22.8 Å². The first-order chi connectivity index (χ1) is 12.2. The third-order valence-electron chi connectivity index (χ3n) is 3.85. The maximum Gasteiger partial charge on any atom is 0.171 e. The van der Waals surface area contributed by atoms with E-state index in [9.17, 15) is 5.11 Å². The van der Waals surface area contributed by atoms with Gasteiger partial charge in [0.2, 0.25) is 0 Å². The zero-order valence-electron chi connectivity index (χ0n) is 14.1. The van der Waals surface area contributed by atoms with E-state index in [0.717, 1.165) is 21.8 Å². The van der Waals surface area contributed by atoms with Crippen LogP contribution in [-0.4, -0.2) is 38.4 Å². The topological polar surface area (TPSA) is 67.5 Å². The Morgan fingerprint density at radius 1 is 1.20 bits per heavy atom. The number of ether oxygens (including phenoxy) is 1. The smallest absolute Gasteiger partial charge is 0.171 e. The third kappa shape index (κ3) is 4.61. The fraction of sp³-hybridized carbons (Fsp3) is 0.316. The van der Waals surface area contributed by atoms with Crippen LogP contribution in [0, 0.1) is 6.92 Å². The third-order valence-corrected chi connectivity index (χ3v) is 4.70. The van der Waals surface area contributed by atoms with Crippen molar-refractivity contribution in [3.8, 4) is 0 Å². The van der Waals surface area contributed by atoms with Gasteiger partial charge in [-0.3, -0.25) is 0 Å². The van der Waals surface area contributed by atoms with Crippen molar-refractivity contribution in [3.63, 3.8) is 0 Å². The molecule has 1 atom stereocenters. The van der Waals surface area contributed by atoms with E-state index >= 15 is 0 Å². The Balaban J connectivity index is 1.67. The Labute approximate surface area is 151 Å². The van der Waals surface area contributed by atoms with Crippen LogP contribution in [0.5, 0.6) is 0 Å². The zero-order chi connectivity index (χ0) is 17.6. The lowest BCUT2D eigenvalue weighted by Gasteiger charge is -2.12. The molecule has 0 aliphatic heterocycles. The molecule has 0 amide bonds. The molecule has 0 bridgehead atoms. The summed E-state index contributed by atoms with van der Waals surface area (Å²) in [4.78, 5) is 4.61. The average molecular weight is 358 g/mol. The number of aliphatic hydroxyl groups is 2. The lowest BCUT2D eigenvalue weighted by Crippen LogP contribution is -2.20. The first-order valence-electron chi connectivity index (χ1n) is 8.17. The SMILES string of the molecule is Cc1cccc(COCSc2nc3ccccc3n2CC(O)CO)c1. The molecule has 3 aromatic rings. The van der Waals surface area contributed by atoms with Crippen LogP contribution in [0.2, 0.25) is 0 Å². The average Bonchev–Trinajstić information content (AvgIpc) is 2.96. The Kier molecular flexibility index (Phi) is 6.09. The Hall–Kier alpha value is -1.86. The van der Waals surface area contributed by atoms with Crippen molar-refractivity contribution < 1.29 is 14.9 Å². The van der Waals surface area contributed by atoms with Crippen molar-refractivity contribution in [1.82, 2.24) is 9.55 Å². The minimum absolute atomic E-state index is 0.277. The van der Waals surface area contributed by atoms with Crippen LogP contribution in [-0.2, 0) is 17.9 Å². The second-order valence-electron chi connectivity index (χ2n) is 5.93. The monoisotopic (exact) mass is 358 g/mol. The molecule has 0 fully saturated rings. The summed E-state index contributed by atoms with van der Waals surface area (Å²) in [5.74, 6) is 0.465. The first kappa shape index (κ1) is 17.9. The number of nitrogens with zero attached hydrogens (tertiary/aromatic N) is 2. The van der Waals surface area contributed by atoms with Crippen LogP contribution in [0.15, 0.2) is 53.7 Å². The van der Waals surface area contributed by atoms with Gasteiger partial charge < -0.3 is 19.5 Å². The molecule has 0 saturated carbocycles. The molecule has 2 aromatic carbocycles. The molecule has 0 radical (unpaired) electrons. The van der Waals surface area contributed by atoms with E-state index in [1.807, 2.05) is 41.0 Å². The minimum atomic E-state index is -0.815. The Bertz CT molecular complexity index is 834. The summed E-state index contributed by atoms with van der Waals surface area (Å²) in [6, 6.07) is 16.0. The molecule has 6 heteroatoms. The van der Waals surface area contributed by atoms with E-state index in [4.69, 9.17) is 9.84 Å². The van der Waals surface area contributed by atoms with Gasteiger partial charge in [-0.25, -0.2) is 4.98 Å². The molecule has 3 rings (SSSR count). The van der Waals surface area contributed by atoms with Crippen molar-refractivity contribution in [1.29, 1.82) is 0 Å². The normalized spacial score (nSPS) is 12.6. The van der Waals surface area contributed by atoms with Gasteiger partial charge in [0.1, 0.15) is 5.94 Å². The van der Waals surface area contributed by atoms with Crippen molar-refractivity contribution in [2.45, 2.75) is 31.3 Å². The summed E-state index contributed by atoms with van der Waals surface area (Å²) >= 11 is 1.49. The maximum atomic E-state index is 9.82. The highest BCUT2D eigenvalue weighted by molar-refractivity contribution is 7.99. The van der Waals surface area contributed by atoms with E-state index in [0.29, 0.717) is 19.1 Å². The van der Waals surface area contributed by atoms with Crippen molar-refractivity contribution in [2.24, 2.45) is 0 Å². The van der Waals surface area contributed by atoms with Gasteiger partial charge in [0.05, 0.1) is 36.9 Å². The second kappa shape index (κ2) is 8.49. The van der Waals surface area contributed by atoms with E-state index < -0.39 is 6.10 Å². The molecule has 25 heavy (non-hydrogen) atoms. The standard InChI is InChI=1S/C19H22N2O3S/c1-14-5-4-6-15(9-14)12-24-13-25-19-20-17-7-2-3-8-18(17)21(19)10-16(23)11-22/h2-9,16,22-23H,10-13H2,1H3. The Morgan fingerprint density at radius 2 is 2.04 bits per heavy atom. The number of thioether (sulfide) groups is 1. The molecule has 132 valence electrons. The fourth-order valence-corrected chi connectivity index (χ4v) is 3.43. The number of benzene rings is 2. The number of aryl methyl sites for hydroxylation is 1. The van der Waals surface area contributed by atoms with Gasteiger partial charge in [0.15, 0.2) is 5.16 Å². The van der Waals surface area contributed by atoms with Crippen molar-refractivity contribution in [2.75, 3.05) is 12.5 Å². The number of fused-ring (bicyclic) bond motifs is 1. The number of rotatable bonds is 8. The van der Waals surface area contributed by atoms with Crippen LogP contribution >= 0.6 is 11.8 Å². The van der Waals surface area contributed by atoms with Crippen LogP contribution < -0.4 is 0 Å². The fourth-order valence-electron chi connectivity index (χ4n) is 2.66. The highest BCUT2D eigenvalue weighted by Crippen LogP contribution is 2.25. The number of hydrogen-bond acceptors (Lipinski definition) is 5. The van der Waals surface area contributed by atoms with Crippen molar-refractivity contribution in [3.05, 3.63) is 59.7 Å². The molecule has 0 aliphatic rings. The van der Waals surface area contributed by atoms with Crippen LogP contribution in [0.25, 0.3) is 11.0 Å². The van der Waals surface area contributed by atoms with Gasteiger partial charge >= 0.3 is 0 Å². The Morgan fingerprint density at radius 3 is 2.84 bits per heavy atom. The molecule has 2 N–H and O–H groups in total. The van der Waals surface area contributed by atoms with Crippen LogP contribution in [0.3, 0.4) is 0 Å². The summed E-state index contributed by atoms with van der Waals surface area (Å²) in [5.41, 5.74) is 4.17. The van der Waals surface area contributed by atoms with Gasteiger partial charge in [0.25, 0.3) is 0 Å². The second-order valence-corrected chi connectivity index (χ2v) is 6.82. The lowest BCUT2D eigenvalue weighted by atomic mass is 10.1. The van der Waals surface area contributed by atoms with Gasteiger partial charge in [-0.05, 0) is 24.6 Å². The molecule has 0 spiro atoms. The summed E-state index contributed by atoms with van der Waals surface area (Å²) in [5, 5.41) is 19.7. The maximum absolute atomic E-state index is 9.82. The summed E-state index contributed by atoms with van der Waals surface area (Å²) < 4.78 is 7.69. The highest BCUT2D eigenvalue weighted by atomic mass is 32.2. The largest absolute Gasteiger partial charge is 0.394 e. The molecular formula is C19H22N2O3S. The molecule has 1 aromatic heterocycles. The summed E-state index contributed by atoms with van der Waals surface area (Å²) in [6.07, 6.45) is -0.815. The number of imidazole rings is 1. The summed E-state index contributed by atoms with van der Waals surface area (Å²) in [6.45, 7) is 2.64. The highest BCUT2D eigenvalue weighted by Gasteiger charge is 2.14. The van der Waals surface area contributed by atoms with Crippen LogP contribution in [0.1, 0.15) is 11.1 Å². The van der Waals surface area contributed by atoms with E-state index in [1.165, 1.54) is 17.3 Å². The van der Waals surface area contributed by atoms with Gasteiger partial charge in [-0.15, -0.1) is 0 Å². The predicted octanol–water partition coefficient (Wildman–Crippen LogP) is 2.96. The quantitative estimate of drug-likeness (QED) is 0.368.